The Labute approximate surface area is 123 Å². The number of ether oxygens (including phenoxy) is 1. The molecule has 2 aromatic rings. The summed E-state index contributed by atoms with van der Waals surface area (Å²) in [7, 11) is 0. The zero-order valence-electron chi connectivity index (χ0n) is 11.8. The molecule has 21 heavy (non-hydrogen) atoms. The summed E-state index contributed by atoms with van der Waals surface area (Å²) in [5.74, 6) is 0.263. The minimum atomic E-state index is -0.305. The quantitative estimate of drug-likeness (QED) is 0.828. The van der Waals surface area contributed by atoms with E-state index in [1.54, 1.807) is 24.3 Å². The maximum atomic E-state index is 11.5. The first-order valence-electron chi connectivity index (χ1n) is 6.69. The van der Waals surface area contributed by atoms with Crippen LogP contribution >= 0.6 is 0 Å². The Balaban J connectivity index is 1.87. The second kappa shape index (κ2) is 7.24. The highest BCUT2D eigenvalue weighted by atomic mass is 16.5. The van der Waals surface area contributed by atoms with Gasteiger partial charge in [0.25, 0.3) is 0 Å². The largest absolute Gasteiger partial charge is 0.489 e. The van der Waals surface area contributed by atoms with E-state index in [4.69, 9.17) is 4.74 Å². The highest BCUT2D eigenvalue weighted by molar-refractivity contribution is 6.03. The number of hydrogen-bond donors (Lipinski definition) is 1. The van der Waals surface area contributed by atoms with Crippen molar-refractivity contribution in [1.29, 1.82) is 0 Å². The van der Waals surface area contributed by atoms with E-state index < -0.39 is 0 Å². The molecule has 0 fully saturated rings. The van der Waals surface area contributed by atoms with Gasteiger partial charge in [-0.15, -0.1) is 0 Å². The molecule has 0 unspecified atom stereocenters. The molecule has 1 amide bonds. The van der Waals surface area contributed by atoms with E-state index in [2.05, 4.69) is 5.32 Å². The predicted octanol–water partition coefficient (Wildman–Crippen LogP) is 3.18. The standard InChI is InChI=1S/C17H17NO3/c1-13(19)11-17(20)18-15-7-9-16(10-8-15)21-12-14-5-3-2-4-6-14/h2-10H,11-12H2,1H3,(H,18,20). The van der Waals surface area contributed by atoms with Gasteiger partial charge in [-0.2, -0.15) is 0 Å². The summed E-state index contributed by atoms with van der Waals surface area (Å²) >= 11 is 0. The molecule has 0 atom stereocenters. The Bertz CT molecular complexity index is 606. The van der Waals surface area contributed by atoms with Crippen LogP contribution in [0.3, 0.4) is 0 Å². The van der Waals surface area contributed by atoms with E-state index in [0.717, 1.165) is 11.3 Å². The van der Waals surface area contributed by atoms with Gasteiger partial charge in [-0.05, 0) is 36.8 Å². The summed E-state index contributed by atoms with van der Waals surface area (Å²) in [6.45, 7) is 1.89. The van der Waals surface area contributed by atoms with Crippen molar-refractivity contribution in [3.8, 4) is 5.75 Å². The summed E-state index contributed by atoms with van der Waals surface area (Å²) in [6.07, 6.45) is -0.105. The lowest BCUT2D eigenvalue weighted by Crippen LogP contribution is -2.14. The maximum Gasteiger partial charge on any atom is 0.231 e. The van der Waals surface area contributed by atoms with Crippen LogP contribution in [0.15, 0.2) is 54.6 Å². The van der Waals surface area contributed by atoms with E-state index in [-0.39, 0.29) is 18.1 Å². The van der Waals surface area contributed by atoms with Crippen molar-refractivity contribution in [2.75, 3.05) is 5.32 Å². The zero-order valence-corrected chi connectivity index (χ0v) is 11.8. The first-order chi connectivity index (χ1) is 10.1. The zero-order chi connectivity index (χ0) is 15.1. The minimum absolute atomic E-state index is 0.105. The van der Waals surface area contributed by atoms with E-state index in [0.29, 0.717) is 12.3 Å². The SMILES string of the molecule is CC(=O)CC(=O)Nc1ccc(OCc2ccccc2)cc1. The molecule has 0 spiro atoms. The van der Waals surface area contributed by atoms with Crippen molar-refractivity contribution in [3.63, 3.8) is 0 Å². The van der Waals surface area contributed by atoms with E-state index >= 15 is 0 Å². The van der Waals surface area contributed by atoms with Gasteiger partial charge in [-0.25, -0.2) is 0 Å². The van der Waals surface area contributed by atoms with Crippen molar-refractivity contribution >= 4 is 17.4 Å². The highest BCUT2D eigenvalue weighted by Crippen LogP contribution is 2.17. The van der Waals surface area contributed by atoms with Crippen molar-refractivity contribution in [2.45, 2.75) is 20.0 Å². The number of ketones is 1. The normalized spacial score (nSPS) is 9.95. The number of Topliss-reactive ketones (excluding diaryl/α,β-unsaturated/α-hetero) is 1. The Morgan fingerprint density at radius 1 is 1.00 bits per heavy atom. The fourth-order valence-corrected chi connectivity index (χ4v) is 1.81. The van der Waals surface area contributed by atoms with Crippen LogP contribution < -0.4 is 10.1 Å². The second-order valence-corrected chi connectivity index (χ2v) is 4.73. The lowest BCUT2D eigenvalue weighted by Gasteiger charge is -2.08. The minimum Gasteiger partial charge on any atom is -0.489 e. The second-order valence-electron chi connectivity index (χ2n) is 4.73. The van der Waals surface area contributed by atoms with Crippen LogP contribution in [-0.2, 0) is 16.2 Å². The van der Waals surface area contributed by atoms with Crippen LogP contribution in [0.4, 0.5) is 5.69 Å². The predicted molar refractivity (Wildman–Crippen MR) is 81.1 cm³/mol. The molecule has 0 aliphatic rings. The monoisotopic (exact) mass is 283 g/mol. The lowest BCUT2D eigenvalue weighted by atomic mass is 10.2. The third-order valence-corrected chi connectivity index (χ3v) is 2.80. The Kier molecular flexibility index (Phi) is 5.10. The number of carbonyl (C=O) groups excluding carboxylic acids is 2. The fourth-order valence-electron chi connectivity index (χ4n) is 1.81. The first-order valence-corrected chi connectivity index (χ1v) is 6.69. The first kappa shape index (κ1) is 14.8. The topological polar surface area (TPSA) is 55.4 Å². The summed E-state index contributed by atoms with van der Waals surface area (Å²) in [6, 6.07) is 16.9. The molecule has 0 aromatic heterocycles. The number of carbonyl (C=O) groups is 2. The number of amides is 1. The number of anilines is 1. The Morgan fingerprint density at radius 2 is 1.67 bits per heavy atom. The molecule has 1 N–H and O–H groups in total. The lowest BCUT2D eigenvalue weighted by molar-refractivity contribution is -0.124. The average molecular weight is 283 g/mol. The molecule has 0 radical (unpaired) electrons. The molecule has 2 rings (SSSR count). The number of nitrogens with one attached hydrogen (secondary N) is 1. The molecule has 4 nitrogen and oxygen atoms in total. The van der Waals surface area contributed by atoms with E-state index in [1.807, 2.05) is 30.3 Å². The van der Waals surface area contributed by atoms with Crippen LogP contribution in [0.1, 0.15) is 18.9 Å². The van der Waals surface area contributed by atoms with Gasteiger partial charge in [0, 0.05) is 5.69 Å². The molecule has 0 bridgehead atoms. The molecule has 108 valence electrons. The van der Waals surface area contributed by atoms with Gasteiger partial charge in [0.15, 0.2) is 0 Å². The van der Waals surface area contributed by atoms with Gasteiger partial charge in [0.1, 0.15) is 18.1 Å². The summed E-state index contributed by atoms with van der Waals surface area (Å²) in [5.41, 5.74) is 1.74. The van der Waals surface area contributed by atoms with Crippen molar-refractivity contribution in [2.24, 2.45) is 0 Å². The molecule has 0 saturated heterocycles. The Morgan fingerprint density at radius 3 is 2.29 bits per heavy atom. The third-order valence-electron chi connectivity index (χ3n) is 2.80. The Hall–Kier alpha value is -2.62. The van der Waals surface area contributed by atoms with Gasteiger partial charge >= 0.3 is 0 Å². The van der Waals surface area contributed by atoms with Crippen LogP contribution in [0, 0.1) is 0 Å². The summed E-state index contributed by atoms with van der Waals surface area (Å²) < 4.78 is 5.65. The van der Waals surface area contributed by atoms with Gasteiger partial charge < -0.3 is 10.1 Å². The summed E-state index contributed by atoms with van der Waals surface area (Å²) in [4.78, 5) is 22.3. The number of rotatable bonds is 6. The fraction of sp³-hybridized carbons (Fsp3) is 0.176. The molecule has 0 saturated carbocycles. The maximum absolute atomic E-state index is 11.5. The van der Waals surface area contributed by atoms with Crippen molar-refractivity contribution < 1.29 is 14.3 Å². The molecule has 4 heteroatoms. The van der Waals surface area contributed by atoms with E-state index in [9.17, 15) is 9.59 Å². The molecule has 0 aliphatic carbocycles. The number of hydrogen-bond acceptors (Lipinski definition) is 3. The molecular formula is C17H17NO3. The van der Waals surface area contributed by atoms with Crippen LogP contribution in [0.25, 0.3) is 0 Å². The summed E-state index contributed by atoms with van der Waals surface area (Å²) in [5, 5.41) is 2.66. The smallest absolute Gasteiger partial charge is 0.231 e. The van der Waals surface area contributed by atoms with Crippen LogP contribution in [0.5, 0.6) is 5.75 Å². The van der Waals surface area contributed by atoms with Gasteiger partial charge in [-0.3, -0.25) is 9.59 Å². The molecule has 2 aromatic carbocycles. The van der Waals surface area contributed by atoms with Gasteiger partial charge in [0.05, 0.1) is 6.42 Å². The highest BCUT2D eigenvalue weighted by Gasteiger charge is 2.05. The van der Waals surface area contributed by atoms with E-state index in [1.165, 1.54) is 6.92 Å². The molecular weight excluding hydrogens is 266 g/mol. The van der Waals surface area contributed by atoms with Crippen LogP contribution in [-0.4, -0.2) is 11.7 Å². The van der Waals surface area contributed by atoms with Crippen LogP contribution in [0.2, 0.25) is 0 Å². The number of benzene rings is 2. The van der Waals surface area contributed by atoms with Crippen molar-refractivity contribution in [3.05, 3.63) is 60.2 Å². The molecule has 0 heterocycles. The molecule has 0 aliphatic heterocycles. The third kappa shape index (κ3) is 5.10. The average Bonchev–Trinajstić information content (AvgIpc) is 2.47. The van der Waals surface area contributed by atoms with Gasteiger partial charge in [-0.1, -0.05) is 30.3 Å². The van der Waals surface area contributed by atoms with Crippen molar-refractivity contribution in [1.82, 2.24) is 0 Å². The van der Waals surface area contributed by atoms with Gasteiger partial charge in [0.2, 0.25) is 5.91 Å².